The monoisotopic (exact) mass is 416 g/mol. The lowest BCUT2D eigenvalue weighted by atomic mass is 10.3. The highest BCUT2D eigenvalue weighted by atomic mass is 35.5. The second-order valence-corrected chi connectivity index (χ2v) is 7.45. The summed E-state index contributed by atoms with van der Waals surface area (Å²) in [5, 5.41) is 13.0. The molecule has 3 amide bonds. The summed E-state index contributed by atoms with van der Waals surface area (Å²) in [6, 6.07) is 9.17. The molecular weight excluding hydrogens is 403 g/mol. The molecule has 0 saturated carbocycles. The van der Waals surface area contributed by atoms with Gasteiger partial charge in [-0.25, -0.2) is 18.4 Å². The number of benzene rings is 2. The first-order chi connectivity index (χ1) is 12.1. The van der Waals surface area contributed by atoms with Crippen LogP contribution in [0.2, 0.25) is 10.0 Å². The molecule has 0 aliphatic carbocycles. The van der Waals surface area contributed by atoms with Gasteiger partial charge in [0.1, 0.15) is 0 Å². The van der Waals surface area contributed by atoms with Crippen molar-refractivity contribution in [3.8, 4) is 0 Å². The van der Waals surface area contributed by atoms with Crippen LogP contribution in [0.3, 0.4) is 0 Å². The van der Waals surface area contributed by atoms with E-state index in [0.717, 1.165) is 0 Å². The minimum absolute atomic E-state index is 0.0822. The number of primary sulfonamides is 1. The quantitative estimate of drug-likeness (QED) is 0.595. The molecule has 0 saturated heterocycles. The lowest BCUT2D eigenvalue weighted by Crippen LogP contribution is -2.35. The topological polar surface area (TPSA) is 130 Å². The van der Waals surface area contributed by atoms with Gasteiger partial charge >= 0.3 is 6.03 Å². The molecule has 2 aromatic rings. The van der Waals surface area contributed by atoms with Gasteiger partial charge in [0.2, 0.25) is 15.9 Å². The second-order valence-electron chi connectivity index (χ2n) is 5.05. The summed E-state index contributed by atoms with van der Waals surface area (Å²) in [6.45, 7) is -0.316. The maximum absolute atomic E-state index is 11.9. The molecule has 0 aliphatic rings. The summed E-state index contributed by atoms with van der Waals surface area (Å²) in [7, 11) is -3.81. The van der Waals surface area contributed by atoms with Gasteiger partial charge in [-0.3, -0.25) is 4.79 Å². The number of hydrogen-bond acceptors (Lipinski definition) is 4. The highest BCUT2D eigenvalue weighted by Gasteiger charge is 2.10. The van der Waals surface area contributed by atoms with Crippen molar-refractivity contribution in [2.24, 2.45) is 5.14 Å². The lowest BCUT2D eigenvalue weighted by molar-refractivity contribution is -0.115. The molecule has 2 aromatic carbocycles. The Hall–Kier alpha value is -2.33. The van der Waals surface area contributed by atoms with Gasteiger partial charge in [0.15, 0.2) is 0 Å². The third-order valence-electron chi connectivity index (χ3n) is 3.05. The predicted octanol–water partition coefficient (Wildman–Crippen LogP) is 2.40. The van der Waals surface area contributed by atoms with Crippen molar-refractivity contribution in [2.45, 2.75) is 4.90 Å². The number of carbonyl (C=O) groups is 2. The van der Waals surface area contributed by atoms with Gasteiger partial charge in [-0.2, -0.15) is 0 Å². The lowest BCUT2D eigenvalue weighted by Gasteiger charge is -2.10. The first-order valence-electron chi connectivity index (χ1n) is 7.08. The Morgan fingerprint density at radius 1 is 1.00 bits per heavy atom. The Bertz CT molecular complexity index is 933. The number of sulfonamides is 1. The third-order valence-corrected chi connectivity index (χ3v) is 4.55. The standard InChI is InChI=1S/C15H14Cl2N4O4S/c16-9-1-6-12(17)13(7-9)21-14(22)8-19-15(23)20-10-2-4-11(5-3-10)26(18,24)25/h1-7H,8H2,(H,21,22)(H2,18,24,25)(H2,19,20,23). The van der Waals surface area contributed by atoms with Crippen LogP contribution in [-0.4, -0.2) is 26.9 Å². The Balaban J connectivity index is 1.86. The van der Waals surface area contributed by atoms with E-state index in [4.69, 9.17) is 28.3 Å². The van der Waals surface area contributed by atoms with E-state index in [-0.39, 0.29) is 11.4 Å². The smallest absolute Gasteiger partial charge is 0.319 e. The van der Waals surface area contributed by atoms with E-state index in [2.05, 4.69) is 16.0 Å². The number of anilines is 2. The maximum Gasteiger partial charge on any atom is 0.319 e. The van der Waals surface area contributed by atoms with Crippen LogP contribution in [0, 0.1) is 0 Å². The van der Waals surface area contributed by atoms with Crippen LogP contribution >= 0.6 is 23.2 Å². The van der Waals surface area contributed by atoms with Gasteiger partial charge < -0.3 is 16.0 Å². The fourth-order valence-electron chi connectivity index (χ4n) is 1.85. The molecule has 5 N–H and O–H groups in total. The van der Waals surface area contributed by atoms with E-state index in [0.29, 0.717) is 21.4 Å². The van der Waals surface area contributed by atoms with Gasteiger partial charge in [-0.05, 0) is 42.5 Å². The van der Waals surface area contributed by atoms with Crippen LogP contribution < -0.4 is 21.1 Å². The molecule has 8 nitrogen and oxygen atoms in total. The molecular formula is C15H14Cl2N4O4S. The number of carbonyl (C=O) groups excluding carboxylic acids is 2. The number of rotatable bonds is 5. The molecule has 11 heteroatoms. The first-order valence-corrected chi connectivity index (χ1v) is 9.38. The molecule has 0 heterocycles. The molecule has 0 atom stereocenters. The molecule has 26 heavy (non-hydrogen) atoms. The Labute approximate surface area is 159 Å². The summed E-state index contributed by atoms with van der Waals surface area (Å²) in [6.07, 6.45) is 0. The van der Waals surface area contributed by atoms with Gasteiger partial charge in [0, 0.05) is 10.7 Å². The zero-order valence-electron chi connectivity index (χ0n) is 13.1. The fraction of sp³-hybridized carbons (Fsp3) is 0.0667. The highest BCUT2D eigenvalue weighted by molar-refractivity contribution is 7.89. The van der Waals surface area contributed by atoms with Crippen LogP contribution in [0.5, 0.6) is 0 Å². The Morgan fingerprint density at radius 2 is 1.65 bits per heavy atom. The van der Waals surface area contributed by atoms with Crippen molar-refractivity contribution in [2.75, 3.05) is 17.2 Å². The maximum atomic E-state index is 11.9. The number of amides is 3. The van der Waals surface area contributed by atoms with E-state index in [1.807, 2.05) is 0 Å². The van der Waals surface area contributed by atoms with Gasteiger partial charge in [0.25, 0.3) is 0 Å². The molecule has 0 fully saturated rings. The number of hydrogen-bond donors (Lipinski definition) is 4. The molecule has 0 radical (unpaired) electrons. The number of urea groups is 1. The van der Waals surface area contributed by atoms with Crippen LogP contribution in [0.15, 0.2) is 47.4 Å². The largest absolute Gasteiger partial charge is 0.329 e. The summed E-state index contributed by atoms with van der Waals surface area (Å²) in [4.78, 5) is 23.5. The summed E-state index contributed by atoms with van der Waals surface area (Å²) < 4.78 is 22.3. The molecule has 0 aliphatic heterocycles. The average Bonchev–Trinajstić information content (AvgIpc) is 2.56. The summed E-state index contributed by atoms with van der Waals surface area (Å²) in [5.41, 5.74) is 0.651. The van der Waals surface area contributed by atoms with E-state index in [1.165, 1.54) is 36.4 Å². The zero-order chi connectivity index (χ0) is 19.3. The van der Waals surface area contributed by atoms with Crippen LogP contribution in [-0.2, 0) is 14.8 Å². The molecule has 2 rings (SSSR count). The Kier molecular flexibility index (Phi) is 6.43. The minimum Gasteiger partial charge on any atom is -0.329 e. The molecule has 0 aromatic heterocycles. The van der Waals surface area contributed by atoms with Crippen LogP contribution in [0.25, 0.3) is 0 Å². The van der Waals surface area contributed by atoms with Crippen molar-refractivity contribution in [3.05, 3.63) is 52.5 Å². The van der Waals surface area contributed by atoms with Crippen molar-refractivity contribution < 1.29 is 18.0 Å². The second kappa shape index (κ2) is 8.37. The van der Waals surface area contributed by atoms with Crippen molar-refractivity contribution in [1.82, 2.24) is 5.32 Å². The molecule has 138 valence electrons. The van der Waals surface area contributed by atoms with E-state index in [1.54, 1.807) is 6.07 Å². The van der Waals surface area contributed by atoms with Crippen molar-refractivity contribution in [1.29, 1.82) is 0 Å². The van der Waals surface area contributed by atoms with Crippen LogP contribution in [0.4, 0.5) is 16.2 Å². The summed E-state index contributed by atoms with van der Waals surface area (Å²) in [5.74, 6) is -0.506. The number of halogens is 2. The fourth-order valence-corrected chi connectivity index (χ4v) is 2.70. The van der Waals surface area contributed by atoms with E-state index in [9.17, 15) is 18.0 Å². The van der Waals surface area contributed by atoms with Gasteiger partial charge in [0.05, 0.1) is 22.2 Å². The number of nitrogens with one attached hydrogen (secondary N) is 3. The van der Waals surface area contributed by atoms with Gasteiger partial charge in [-0.1, -0.05) is 23.2 Å². The molecule has 0 bridgehead atoms. The van der Waals surface area contributed by atoms with E-state index < -0.39 is 22.0 Å². The molecule has 0 spiro atoms. The Morgan fingerprint density at radius 3 is 2.27 bits per heavy atom. The average molecular weight is 417 g/mol. The third kappa shape index (κ3) is 5.88. The van der Waals surface area contributed by atoms with Crippen LogP contribution in [0.1, 0.15) is 0 Å². The zero-order valence-corrected chi connectivity index (χ0v) is 15.5. The normalized spacial score (nSPS) is 10.9. The summed E-state index contributed by atoms with van der Waals surface area (Å²) >= 11 is 11.8. The first kappa shape index (κ1) is 20.0. The molecule has 0 unspecified atom stereocenters. The SMILES string of the molecule is NS(=O)(=O)c1ccc(NC(=O)NCC(=O)Nc2cc(Cl)ccc2Cl)cc1. The van der Waals surface area contributed by atoms with Gasteiger partial charge in [-0.15, -0.1) is 0 Å². The highest BCUT2D eigenvalue weighted by Crippen LogP contribution is 2.25. The predicted molar refractivity (Wildman–Crippen MR) is 99.9 cm³/mol. The minimum atomic E-state index is -3.81. The van der Waals surface area contributed by atoms with Crippen molar-refractivity contribution >= 4 is 56.5 Å². The van der Waals surface area contributed by atoms with E-state index >= 15 is 0 Å². The van der Waals surface area contributed by atoms with Crippen molar-refractivity contribution in [3.63, 3.8) is 0 Å². The number of nitrogens with two attached hydrogens (primary N) is 1.